The predicted molar refractivity (Wildman–Crippen MR) is 75.9 cm³/mol. The number of thiazole rings is 1. The number of aromatic nitrogens is 1. The van der Waals surface area contributed by atoms with Crippen LogP contribution in [0, 0.1) is 0 Å². The number of nitrogens with zero attached hydrogens (tertiary/aromatic N) is 1. The van der Waals surface area contributed by atoms with Gasteiger partial charge in [-0.15, -0.1) is 11.3 Å². The van der Waals surface area contributed by atoms with Gasteiger partial charge >= 0.3 is 0 Å². The molecule has 0 unspecified atom stereocenters. The van der Waals surface area contributed by atoms with Crippen LogP contribution in [0.15, 0.2) is 18.3 Å². The fraction of sp³-hybridized carbons (Fsp3) is 0.100. The maximum atomic E-state index is 6.02. The van der Waals surface area contributed by atoms with E-state index in [-0.39, 0.29) is 0 Å². The highest BCUT2D eigenvalue weighted by Gasteiger charge is 2.06. The van der Waals surface area contributed by atoms with Gasteiger partial charge in [0.05, 0.1) is 33.5 Å². The van der Waals surface area contributed by atoms with Crippen molar-refractivity contribution < 1.29 is 0 Å². The number of rotatable bonds is 3. The minimum absolute atomic E-state index is 0.430. The van der Waals surface area contributed by atoms with Crippen molar-refractivity contribution in [1.29, 1.82) is 0 Å². The van der Waals surface area contributed by atoms with Crippen LogP contribution in [0.25, 0.3) is 0 Å². The predicted octanol–water partition coefficient (Wildman–Crippen LogP) is 5.37. The summed E-state index contributed by atoms with van der Waals surface area (Å²) in [5.41, 5.74) is 0.715. The lowest BCUT2D eigenvalue weighted by Gasteiger charge is -2.08. The van der Waals surface area contributed by atoms with Crippen LogP contribution in [0.3, 0.4) is 0 Å². The Labute approximate surface area is 122 Å². The van der Waals surface area contributed by atoms with Gasteiger partial charge in [0.25, 0.3) is 0 Å². The second-order valence-corrected chi connectivity index (χ2v) is 6.13. The summed E-state index contributed by atoms with van der Waals surface area (Å²) >= 11 is 25.0. The Morgan fingerprint density at radius 2 is 1.76 bits per heavy atom. The summed E-state index contributed by atoms with van der Waals surface area (Å²) < 4.78 is 0.655. The van der Waals surface area contributed by atoms with Crippen molar-refractivity contribution in [2.75, 3.05) is 5.32 Å². The van der Waals surface area contributed by atoms with E-state index in [0.717, 1.165) is 5.01 Å². The first kappa shape index (κ1) is 13.2. The Hall–Kier alpha value is -0.190. The van der Waals surface area contributed by atoms with Gasteiger partial charge < -0.3 is 5.32 Å². The number of hydrogen-bond donors (Lipinski definition) is 1. The van der Waals surface area contributed by atoms with Crippen molar-refractivity contribution in [2.45, 2.75) is 6.54 Å². The minimum Gasteiger partial charge on any atom is -0.377 e. The molecule has 2 nitrogen and oxygen atoms in total. The third-order valence-corrected chi connectivity index (χ3v) is 4.12. The maximum Gasteiger partial charge on any atom is 0.113 e. The van der Waals surface area contributed by atoms with Crippen LogP contribution in [0.5, 0.6) is 0 Å². The molecule has 0 fully saturated rings. The summed E-state index contributed by atoms with van der Waals surface area (Å²) in [6.45, 7) is 0.537. The smallest absolute Gasteiger partial charge is 0.113 e. The molecular weight excluding hydrogens is 322 g/mol. The monoisotopic (exact) mass is 326 g/mol. The lowest BCUT2D eigenvalue weighted by molar-refractivity contribution is 1.10. The molecule has 0 amide bonds. The van der Waals surface area contributed by atoms with E-state index in [4.69, 9.17) is 46.4 Å². The first-order valence-electron chi connectivity index (χ1n) is 4.55. The van der Waals surface area contributed by atoms with E-state index in [9.17, 15) is 0 Å². The number of benzene rings is 1. The largest absolute Gasteiger partial charge is 0.377 e. The molecule has 1 aromatic heterocycles. The van der Waals surface area contributed by atoms with Crippen molar-refractivity contribution in [3.63, 3.8) is 0 Å². The molecule has 2 rings (SSSR count). The van der Waals surface area contributed by atoms with Gasteiger partial charge in [0.2, 0.25) is 0 Å². The molecule has 17 heavy (non-hydrogen) atoms. The molecule has 0 aliphatic heterocycles. The summed E-state index contributed by atoms with van der Waals surface area (Å²) in [6.07, 6.45) is 1.61. The molecule has 0 spiro atoms. The Morgan fingerprint density at radius 3 is 2.41 bits per heavy atom. The van der Waals surface area contributed by atoms with Gasteiger partial charge in [-0.25, -0.2) is 4.98 Å². The van der Waals surface area contributed by atoms with Crippen molar-refractivity contribution >= 4 is 63.4 Å². The lowest BCUT2D eigenvalue weighted by Crippen LogP contribution is -1.99. The third kappa shape index (κ3) is 3.39. The van der Waals surface area contributed by atoms with E-state index in [1.807, 2.05) is 0 Å². The van der Waals surface area contributed by atoms with E-state index in [1.54, 1.807) is 18.3 Å². The van der Waals surface area contributed by atoms with E-state index >= 15 is 0 Å². The number of anilines is 1. The summed E-state index contributed by atoms with van der Waals surface area (Å²) in [7, 11) is 0. The molecule has 2 aromatic rings. The quantitative estimate of drug-likeness (QED) is 0.766. The SMILES string of the molecule is Clc1cnc(CNc2cc(Cl)c(Cl)cc2Cl)s1. The zero-order valence-corrected chi connectivity index (χ0v) is 12.1. The van der Waals surface area contributed by atoms with Crippen molar-refractivity contribution in [2.24, 2.45) is 0 Å². The first-order chi connectivity index (χ1) is 8.06. The topological polar surface area (TPSA) is 24.9 Å². The van der Waals surface area contributed by atoms with Crippen LogP contribution < -0.4 is 5.32 Å². The normalized spacial score (nSPS) is 10.6. The molecule has 0 saturated carbocycles. The zero-order chi connectivity index (χ0) is 12.4. The summed E-state index contributed by atoms with van der Waals surface area (Å²) in [6, 6.07) is 3.28. The highest BCUT2D eigenvalue weighted by molar-refractivity contribution is 7.15. The van der Waals surface area contributed by atoms with Gasteiger partial charge in [-0.05, 0) is 12.1 Å². The van der Waals surface area contributed by atoms with Gasteiger partial charge in [-0.3, -0.25) is 0 Å². The molecular formula is C10H6Cl4N2S. The van der Waals surface area contributed by atoms with Crippen LogP contribution in [0.1, 0.15) is 5.01 Å². The summed E-state index contributed by atoms with van der Waals surface area (Å²) in [4.78, 5) is 4.12. The van der Waals surface area contributed by atoms with Crippen LogP contribution in [0.2, 0.25) is 19.4 Å². The molecule has 0 atom stereocenters. The molecule has 7 heteroatoms. The van der Waals surface area contributed by atoms with Gasteiger partial charge in [0.15, 0.2) is 0 Å². The number of halogens is 4. The van der Waals surface area contributed by atoms with Gasteiger partial charge in [0, 0.05) is 0 Å². The molecule has 0 bridgehead atoms. The minimum atomic E-state index is 0.430. The lowest BCUT2D eigenvalue weighted by atomic mass is 10.3. The highest BCUT2D eigenvalue weighted by atomic mass is 35.5. The Morgan fingerprint density at radius 1 is 1.06 bits per heavy atom. The molecule has 1 aromatic carbocycles. The van der Waals surface area contributed by atoms with Gasteiger partial charge in [-0.1, -0.05) is 46.4 Å². The van der Waals surface area contributed by atoms with E-state index in [1.165, 1.54) is 11.3 Å². The Bertz CT molecular complexity index is 541. The Kier molecular flexibility index (Phi) is 4.39. The second-order valence-electron chi connectivity index (χ2n) is 3.16. The number of hydrogen-bond acceptors (Lipinski definition) is 3. The maximum absolute atomic E-state index is 6.02. The summed E-state index contributed by atoms with van der Waals surface area (Å²) in [5, 5.41) is 5.40. The van der Waals surface area contributed by atoms with Crippen LogP contribution in [0.4, 0.5) is 5.69 Å². The van der Waals surface area contributed by atoms with Gasteiger partial charge in [-0.2, -0.15) is 0 Å². The van der Waals surface area contributed by atoms with Crippen LogP contribution in [-0.4, -0.2) is 4.98 Å². The van der Waals surface area contributed by atoms with Crippen molar-refractivity contribution in [1.82, 2.24) is 4.98 Å². The van der Waals surface area contributed by atoms with E-state index in [0.29, 0.717) is 31.6 Å². The fourth-order valence-corrected chi connectivity index (χ4v) is 2.71. The molecule has 0 radical (unpaired) electrons. The molecule has 0 aliphatic rings. The molecule has 0 aliphatic carbocycles. The standard InChI is InChI=1S/C10H6Cl4N2S/c11-5-1-7(13)8(2-6(5)12)15-4-10-16-3-9(14)17-10/h1-3,15H,4H2. The molecule has 1 heterocycles. The van der Waals surface area contributed by atoms with Crippen molar-refractivity contribution in [3.8, 4) is 0 Å². The summed E-state index contributed by atoms with van der Waals surface area (Å²) in [5.74, 6) is 0. The van der Waals surface area contributed by atoms with Gasteiger partial charge in [0.1, 0.15) is 9.34 Å². The van der Waals surface area contributed by atoms with Crippen molar-refractivity contribution in [3.05, 3.63) is 42.7 Å². The fourth-order valence-electron chi connectivity index (χ4n) is 1.20. The highest BCUT2D eigenvalue weighted by Crippen LogP contribution is 2.32. The molecule has 90 valence electrons. The molecule has 1 N–H and O–H groups in total. The van der Waals surface area contributed by atoms with Crippen LogP contribution in [-0.2, 0) is 6.54 Å². The Balaban J connectivity index is 2.11. The first-order valence-corrected chi connectivity index (χ1v) is 6.87. The average Bonchev–Trinajstić information content (AvgIpc) is 2.68. The van der Waals surface area contributed by atoms with E-state index in [2.05, 4.69) is 10.3 Å². The second kappa shape index (κ2) is 5.63. The van der Waals surface area contributed by atoms with Crippen LogP contribution >= 0.6 is 57.7 Å². The zero-order valence-electron chi connectivity index (χ0n) is 8.31. The van der Waals surface area contributed by atoms with E-state index < -0.39 is 0 Å². The number of nitrogens with one attached hydrogen (secondary N) is 1. The average molecular weight is 328 g/mol. The molecule has 0 saturated heterocycles. The third-order valence-electron chi connectivity index (χ3n) is 1.97.